The van der Waals surface area contributed by atoms with Crippen molar-refractivity contribution < 1.29 is 18.8 Å². The number of ketones is 1. The Hall–Kier alpha value is -3.33. The zero-order valence-corrected chi connectivity index (χ0v) is 16.8. The number of hydrogen-bond donors (Lipinski definition) is 0. The molecule has 9 heteroatoms. The molecule has 1 aromatic carbocycles. The van der Waals surface area contributed by atoms with Gasteiger partial charge < -0.3 is 9.26 Å². The van der Waals surface area contributed by atoms with Crippen LogP contribution in [0.5, 0.6) is 0 Å². The van der Waals surface area contributed by atoms with Gasteiger partial charge in [-0.3, -0.25) is 14.5 Å². The minimum Gasteiger partial charge on any atom is -0.464 e. The number of carbonyl (C=O) groups excluding carboxylic acids is 2. The van der Waals surface area contributed by atoms with E-state index in [1.54, 1.807) is 6.92 Å². The predicted octanol–water partition coefficient (Wildman–Crippen LogP) is 2.03. The molecule has 0 N–H and O–H groups in total. The van der Waals surface area contributed by atoms with Gasteiger partial charge in [0.05, 0.1) is 19.2 Å². The van der Waals surface area contributed by atoms with Crippen molar-refractivity contribution in [2.75, 3.05) is 20.2 Å². The summed E-state index contributed by atoms with van der Waals surface area (Å²) >= 11 is 0. The fourth-order valence-electron chi connectivity index (χ4n) is 3.83. The number of esters is 1. The zero-order chi connectivity index (χ0) is 21.3. The summed E-state index contributed by atoms with van der Waals surface area (Å²) in [5.74, 6) is -0.216. The Morgan fingerprint density at radius 3 is 2.57 bits per heavy atom. The smallest absolute Gasteiger partial charge is 0.359 e. The quantitative estimate of drug-likeness (QED) is 0.464. The fraction of sp³-hybridized carbons (Fsp3) is 0.381. The van der Waals surface area contributed by atoms with Crippen LogP contribution in [0.4, 0.5) is 0 Å². The lowest BCUT2D eigenvalue weighted by Gasteiger charge is -2.31. The first-order chi connectivity index (χ1) is 14.5. The number of hydrogen-bond acceptors (Lipinski definition) is 8. The Bertz CT molecular complexity index is 1140. The normalized spacial score (nSPS) is 15.4. The maximum absolute atomic E-state index is 12.8. The highest BCUT2D eigenvalue weighted by atomic mass is 16.5. The van der Waals surface area contributed by atoms with Gasteiger partial charge in [-0.05, 0) is 19.8 Å². The standard InChI is InChI=1S/C21H22N4O5/c1-13-16-17(23-30-13)20(27)25(22-18(16)21(28)29-2)12-24-10-8-15(9-11-24)19(26)14-6-4-3-5-7-14/h3-7,15H,8-12H2,1-2H3. The molecule has 156 valence electrons. The van der Waals surface area contributed by atoms with Crippen LogP contribution in [0, 0.1) is 12.8 Å². The summed E-state index contributed by atoms with van der Waals surface area (Å²) in [4.78, 5) is 39.6. The number of aromatic nitrogens is 3. The van der Waals surface area contributed by atoms with Crippen molar-refractivity contribution in [3.8, 4) is 0 Å². The maximum Gasteiger partial charge on any atom is 0.359 e. The Labute approximate surface area is 172 Å². The largest absolute Gasteiger partial charge is 0.464 e. The summed E-state index contributed by atoms with van der Waals surface area (Å²) in [5.41, 5.74) is 0.345. The van der Waals surface area contributed by atoms with Crippen molar-refractivity contribution in [2.45, 2.75) is 26.4 Å². The van der Waals surface area contributed by atoms with Crippen molar-refractivity contribution in [2.24, 2.45) is 5.92 Å². The summed E-state index contributed by atoms with van der Waals surface area (Å²) in [6.45, 7) is 3.08. The summed E-state index contributed by atoms with van der Waals surface area (Å²) in [6.07, 6.45) is 1.38. The van der Waals surface area contributed by atoms with Crippen molar-refractivity contribution in [1.82, 2.24) is 19.8 Å². The first kappa shape index (κ1) is 20.0. The second-order valence-electron chi connectivity index (χ2n) is 7.37. The van der Waals surface area contributed by atoms with Crippen molar-refractivity contribution in [3.63, 3.8) is 0 Å². The van der Waals surface area contributed by atoms with Gasteiger partial charge in [0.15, 0.2) is 17.0 Å². The summed E-state index contributed by atoms with van der Waals surface area (Å²) in [5, 5.41) is 8.29. The topological polar surface area (TPSA) is 108 Å². The second kappa shape index (κ2) is 8.19. The number of piperidine rings is 1. The minimum atomic E-state index is -0.660. The first-order valence-electron chi connectivity index (χ1n) is 9.76. The average molecular weight is 410 g/mol. The SMILES string of the molecule is COC(=O)c1nn(CN2CCC(C(=O)c3ccccc3)CC2)c(=O)c2noc(C)c12. The molecular weight excluding hydrogens is 388 g/mol. The molecule has 9 nitrogen and oxygen atoms in total. The Morgan fingerprint density at radius 2 is 1.90 bits per heavy atom. The molecule has 1 aliphatic rings. The summed E-state index contributed by atoms with van der Waals surface area (Å²) in [7, 11) is 1.25. The third-order valence-corrected chi connectivity index (χ3v) is 5.49. The van der Waals surface area contributed by atoms with Crippen LogP contribution in [0.1, 0.15) is 39.4 Å². The van der Waals surface area contributed by atoms with Gasteiger partial charge in [-0.1, -0.05) is 35.5 Å². The zero-order valence-electron chi connectivity index (χ0n) is 16.8. The van der Waals surface area contributed by atoms with Gasteiger partial charge in [-0.2, -0.15) is 5.10 Å². The van der Waals surface area contributed by atoms with Crippen molar-refractivity contribution in [3.05, 3.63) is 57.7 Å². The van der Waals surface area contributed by atoms with Gasteiger partial charge >= 0.3 is 5.97 Å². The van der Waals surface area contributed by atoms with Crippen LogP contribution in [0.2, 0.25) is 0 Å². The number of rotatable bonds is 5. The number of fused-ring (bicyclic) bond motifs is 1. The number of benzene rings is 1. The number of Topliss-reactive ketones (excluding diaryl/α,β-unsaturated/α-hetero) is 1. The molecule has 0 saturated carbocycles. The van der Waals surface area contributed by atoms with Gasteiger partial charge in [0.2, 0.25) is 0 Å². The third-order valence-electron chi connectivity index (χ3n) is 5.49. The van der Waals surface area contributed by atoms with E-state index >= 15 is 0 Å². The molecule has 0 bridgehead atoms. The van der Waals surface area contributed by atoms with Gasteiger partial charge in [-0.25, -0.2) is 9.48 Å². The van der Waals surface area contributed by atoms with Crippen molar-refractivity contribution in [1.29, 1.82) is 0 Å². The predicted molar refractivity (Wildman–Crippen MR) is 107 cm³/mol. The summed E-state index contributed by atoms with van der Waals surface area (Å²) in [6, 6.07) is 9.28. The molecule has 3 heterocycles. The minimum absolute atomic E-state index is 0.00000801. The lowest BCUT2D eigenvalue weighted by Crippen LogP contribution is -2.41. The Balaban J connectivity index is 1.52. The van der Waals surface area contributed by atoms with Crippen LogP contribution in [0.3, 0.4) is 0 Å². The Kier molecular flexibility index (Phi) is 5.45. The van der Waals surface area contributed by atoms with E-state index in [2.05, 4.69) is 10.3 Å². The molecule has 0 amide bonds. The van der Waals surface area contributed by atoms with Crippen LogP contribution in [-0.4, -0.2) is 51.8 Å². The van der Waals surface area contributed by atoms with Crippen LogP contribution >= 0.6 is 0 Å². The van der Waals surface area contributed by atoms with E-state index in [9.17, 15) is 14.4 Å². The number of methoxy groups -OCH3 is 1. The van der Waals surface area contributed by atoms with Crippen LogP contribution < -0.4 is 5.56 Å². The van der Waals surface area contributed by atoms with Gasteiger partial charge in [-0.15, -0.1) is 0 Å². The molecule has 0 unspecified atom stereocenters. The first-order valence-corrected chi connectivity index (χ1v) is 9.76. The molecule has 0 radical (unpaired) electrons. The van der Waals surface area contributed by atoms with E-state index in [1.165, 1.54) is 11.8 Å². The third kappa shape index (κ3) is 3.63. The van der Waals surface area contributed by atoms with Gasteiger partial charge in [0.1, 0.15) is 5.76 Å². The van der Waals surface area contributed by atoms with E-state index < -0.39 is 11.5 Å². The highest BCUT2D eigenvalue weighted by Gasteiger charge is 2.27. The number of aryl methyl sites for hydroxylation is 1. The van der Waals surface area contributed by atoms with Crippen molar-refractivity contribution >= 4 is 22.7 Å². The van der Waals surface area contributed by atoms with Crippen LogP contribution in [-0.2, 0) is 11.4 Å². The fourth-order valence-corrected chi connectivity index (χ4v) is 3.83. The van der Waals surface area contributed by atoms with Crippen LogP contribution in [0.25, 0.3) is 10.9 Å². The van der Waals surface area contributed by atoms with Crippen LogP contribution in [0.15, 0.2) is 39.6 Å². The van der Waals surface area contributed by atoms with Gasteiger partial charge in [0.25, 0.3) is 5.56 Å². The summed E-state index contributed by atoms with van der Waals surface area (Å²) < 4.78 is 11.1. The molecule has 4 rings (SSSR count). The monoisotopic (exact) mass is 410 g/mol. The molecule has 3 aromatic rings. The highest BCUT2D eigenvalue weighted by Crippen LogP contribution is 2.23. The molecule has 1 aliphatic heterocycles. The highest BCUT2D eigenvalue weighted by molar-refractivity contribution is 6.01. The van der Waals surface area contributed by atoms with E-state index in [1.807, 2.05) is 35.2 Å². The van der Waals surface area contributed by atoms with E-state index in [4.69, 9.17) is 9.26 Å². The molecule has 2 aromatic heterocycles. The molecular formula is C21H22N4O5. The molecule has 0 atom stereocenters. The number of carbonyl (C=O) groups is 2. The second-order valence-corrected chi connectivity index (χ2v) is 7.37. The number of ether oxygens (including phenoxy) is 1. The molecule has 1 fully saturated rings. The lowest BCUT2D eigenvalue weighted by molar-refractivity contribution is 0.0589. The maximum atomic E-state index is 12.8. The van der Waals surface area contributed by atoms with E-state index in [0.717, 1.165) is 5.56 Å². The van der Waals surface area contributed by atoms with E-state index in [-0.39, 0.29) is 35.0 Å². The van der Waals surface area contributed by atoms with E-state index in [0.29, 0.717) is 31.7 Å². The number of nitrogens with zero attached hydrogens (tertiary/aromatic N) is 4. The molecule has 30 heavy (non-hydrogen) atoms. The molecule has 0 spiro atoms. The average Bonchev–Trinajstić information content (AvgIpc) is 3.17. The lowest BCUT2D eigenvalue weighted by atomic mass is 9.89. The molecule has 1 saturated heterocycles. The molecule has 0 aliphatic carbocycles. The number of likely N-dealkylation sites (tertiary alicyclic amines) is 1. The Morgan fingerprint density at radius 1 is 1.20 bits per heavy atom. The van der Waals surface area contributed by atoms with Gasteiger partial charge in [0, 0.05) is 24.6 Å².